The van der Waals surface area contributed by atoms with Gasteiger partial charge in [-0.1, -0.05) is 47.8 Å². The summed E-state index contributed by atoms with van der Waals surface area (Å²) in [5, 5.41) is 9.29. The Morgan fingerprint density at radius 3 is 2.76 bits per heavy atom. The fourth-order valence-electron chi connectivity index (χ4n) is 3.13. The minimum atomic E-state index is -0.648. The third-order valence-corrected chi connectivity index (χ3v) is 4.86. The van der Waals surface area contributed by atoms with E-state index in [2.05, 4.69) is 52.0 Å². The van der Waals surface area contributed by atoms with Gasteiger partial charge in [0.1, 0.15) is 0 Å². The second-order valence-corrected chi connectivity index (χ2v) is 6.80. The predicted molar refractivity (Wildman–Crippen MR) is 88.3 cm³/mol. The Morgan fingerprint density at radius 1 is 1.43 bits per heavy atom. The average molecular weight is 354 g/mol. The average Bonchev–Trinajstić information content (AvgIpc) is 2.49. The highest BCUT2D eigenvalue weighted by atomic mass is 79.9. The summed E-state index contributed by atoms with van der Waals surface area (Å²) in [7, 11) is 0. The number of aliphatic carboxylic acids is 1. The lowest BCUT2D eigenvalue weighted by Crippen LogP contribution is -2.40. The Balaban J connectivity index is 2.14. The number of unbranched alkanes of at least 4 members (excludes halogenated alkanes) is 1. The van der Waals surface area contributed by atoms with Gasteiger partial charge in [0.25, 0.3) is 0 Å². The fourth-order valence-corrected chi connectivity index (χ4v) is 3.40. The first-order valence-electron chi connectivity index (χ1n) is 7.84. The SMILES string of the molecule is CCCCC(c1ccc(Br)cc1)N1CCCC(C(=O)O)C1. The van der Waals surface area contributed by atoms with Gasteiger partial charge in [-0.2, -0.15) is 0 Å². The van der Waals surface area contributed by atoms with Crippen LogP contribution in [0.25, 0.3) is 0 Å². The normalized spacial score (nSPS) is 21.1. The van der Waals surface area contributed by atoms with E-state index in [0.29, 0.717) is 12.6 Å². The number of piperidine rings is 1. The van der Waals surface area contributed by atoms with Crippen molar-refractivity contribution >= 4 is 21.9 Å². The molecule has 0 aliphatic carbocycles. The maximum atomic E-state index is 11.3. The molecule has 116 valence electrons. The molecule has 1 saturated heterocycles. The van der Waals surface area contributed by atoms with Gasteiger partial charge in [-0.25, -0.2) is 0 Å². The maximum Gasteiger partial charge on any atom is 0.307 e. The maximum absolute atomic E-state index is 11.3. The molecule has 0 bridgehead atoms. The molecule has 0 amide bonds. The first kappa shape index (κ1) is 16.5. The van der Waals surface area contributed by atoms with E-state index in [0.717, 1.165) is 30.3 Å². The monoisotopic (exact) mass is 353 g/mol. The van der Waals surface area contributed by atoms with E-state index in [1.54, 1.807) is 0 Å². The zero-order valence-electron chi connectivity index (χ0n) is 12.6. The number of carboxylic acids is 1. The van der Waals surface area contributed by atoms with Gasteiger partial charge in [-0.15, -0.1) is 0 Å². The topological polar surface area (TPSA) is 40.5 Å². The summed E-state index contributed by atoms with van der Waals surface area (Å²) < 4.78 is 1.09. The molecule has 1 aliphatic heterocycles. The lowest BCUT2D eigenvalue weighted by molar-refractivity contribution is -0.144. The molecule has 0 saturated carbocycles. The zero-order chi connectivity index (χ0) is 15.2. The van der Waals surface area contributed by atoms with Crippen LogP contribution in [0, 0.1) is 5.92 Å². The van der Waals surface area contributed by atoms with Crippen molar-refractivity contribution in [2.24, 2.45) is 5.92 Å². The molecule has 0 radical (unpaired) electrons. The largest absolute Gasteiger partial charge is 0.481 e. The Hall–Kier alpha value is -0.870. The number of benzene rings is 1. The van der Waals surface area contributed by atoms with Gasteiger partial charge in [0.05, 0.1) is 5.92 Å². The molecule has 1 aliphatic rings. The number of nitrogens with zero attached hydrogens (tertiary/aromatic N) is 1. The molecule has 2 rings (SSSR count). The van der Waals surface area contributed by atoms with Crippen LogP contribution in [0.4, 0.5) is 0 Å². The fraction of sp³-hybridized carbons (Fsp3) is 0.588. The molecule has 1 N–H and O–H groups in total. The summed E-state index contributed by atoms with van der Waals surface area (Å²) in [5.74, 6) is -0.858. The van der Waals surface area contributed by atoms with Gasteiger partial charge in [0.15, 0.2) is 0 Å². The Morgan fingerprint density at radius 2 is 2.14 bits per heavy atom. The third kappa shape index (κ3) is 4.55. The summed E-state index contributed by atoms with van der Waals surface area (Å²) in [6, 6.07) is 8.82. The molecule has 2 unspecified atom stereocenters. The number of hydrogen-bond donors (Lipinski definition) is 1. The van der Waals surface area contributed by atoms with Crippen molar-refractivity contribution in [1.29, 1.82) is 0 Å². The van der Waals surface area contributed by atoms with Crippen molar-refractivity contribution in [1.82, 2.24) is 4.90 Å². The number of rotatable bonds is 6. The highest BCUT2D eigenvalue weighted by Crippen LogP contribution is 2.31. The van der Waals surface area contributed by atoms with Crippen LogP contribution in [0.15, 0.2) is 28.7 Å². The Bertz CT molecular complexity index is 460. The van der Waals surface area contributed by atoms with Gasteiger partial charge < -0.3 is 5.11 Å². The molecular formula is C17H24BrNO2. The van der Waals surface area contributed by atoms with Crippen LogP contribution < -0.4 is 0 Å². The minimum Gasteiger partial charge on any atom is -0.481 e. The van der Waals surface area contributed by atoms with E-state index in [4.69, 9.17) is 0 Å². The number of carbonyl (C=O) groups is 1. The second-order valence-electron chi connectivity index (χ2n) is 5.88. The number of carboxylic acid groups (broad SMARTS) is 1. The highest BCUT2D eigenvalue weighted by molar-refractivity contribution is 9.10. The molecule has 2 atom stereocenters. The van der Waals surface area contributed by atoms with Crippen LogP contribution in [-0.4, -0.2) is 29.1 Å². The van der Waals surface area contributed by atoms with E-state index in [1.165, 1.54) is 18.4 Å². The van der Waals surface area contributed by atoms with Crippen LogP contribution >= 0.6 is 15.9 Å². The van der Waals surface area contributed by atoms with Gasteiger partial charge >= 0.3 is 5.97 Å². The van der Waals surface area contributed by atoms with Crippen LogP contribution in [-0.2, 0) is 4.79 Å². The molecule has 1 fully saturated rings. The van der Waals surface area contributed by atoms with Crippen LogP contribution in [0.5, 0.6) is 0 Å². The molecule has 0 aromatic heterocycles. The van der Waals surface area contributed by atoms with E-state index in [1.807, 2.05) is 0 Å². The van der Waals surface area contributed by atoms with E-state index < -0.39 is 5.97 Å². The van der Waals surface area contributed by atoms with Gasteiger partial charge in [0, 0.05) is 17.1 Å². The first-order chi connectivity index (χ1) is 10.1. The zero-order valence-corrected chi connectivity index (χ0v) is 14.2. The van der Waals surface area contributed by atoms with Gasteiger partial charge in [0.2, 0.25) is 0 Å². The summed E-state index contributed by atoms with van der Waals surface area (Å²) in [4.78, 5) is 13.7. The van der Waals surface area contributed by atoms with Crippen molar-refractivity contribution < 1.29 is 9.90 Å². The third-order valence-electron chi connectivity index (χ3n) is 4.33. The highest BCUT2D eigenvalue weighted by Gasteiger charge is 2.29. The molecule has 3 nitrogen and oxygen atoms in total. The first-order valence-corrected chi connectivity index (χ1v) is 8.63. The standard InChI is InChI=1S/C17H24BrNO2/c1-2-3-6-16(13-7-9-15(18)10-8-13)19-11-4-5-14(12-19)17(20)21/h7-10,14,16H,2-6,11-12H2,1H3,(H,20,21). The molecular weight excluding hydrogens is 330 g/mol. The Labute approximate surface area is 135 Å². The summed E-state index contributed by atoms with van der Waals surface area (Å²) in [6.45, 7) is 3.89. The van der Waals surface area contributed by atoms with Crippen molar-refractivity contribution in [2.75, 3.05) is 13.1 Å². The molecule has 4 heteroatoms. The van der Waals surface area contributed by atoms with Gasteiger partial charge in [-0.05, 0) is 43.5 Å². The van der Waals surface area contributed by atoms with E-state index >= 15 is 0 Å². The number of likely N-dealkylation sites (tertiary alicyclic amines) is 1. The molecule has 21 heavy (non-hydrogen) atoms. The molecule has 1 aromatic rings. The predicted octanol–water partition coefficient (Wildman–Crippen LogP) is 4.48. The summed E-state index contributed by atoms with van der Waals surface area (Å²) in [6.07, 6.45) is 5.24. The lowest BCUT2D eigenvalue weighted by atomic mass is 9.92. The van der Waals surface area contributed by atoms with Crippen LogP contribution in [0.2, 0.25) is 0 Å². The smallest absolute Gasteiger partial charge is 0.307 e. The van der Waals surface area contributed by atoms with E-state index in [-0.39, 0.29) is 5.92 Å². The lowest BCUT2D eigenvalue weighted by Gasteiger charge is -2.37. The van der Waals surface area contributed by atoms with Gasteiger partial charge in [-0.3, -0.25) is 9.69 Å². The molecule has 1 aromatic carbocycles. The van der Waals surface area contributed by atoms with Crippen molar-refractivity contribution in [3.8, 4) is 0 Å². The quantitative estimate of drug-likeness (QED) is 0.819. The summed E-state index contributed by atoms with van der Waals surface area (Å²) >= 11 is 3.48. The van der Waals surface area contributed by atoms with Crippen LogP contribution in [0.3, 0.4) is 0 Å². The second kappa shape index (κ2) is 7.95. The molecule has 0 spiro atoms. The van der Waals surface area contributed by atoms with Crippen molar-refractivity contribution in [3.63, 3.8) is 0 Å². The van der Waals surface area contributed by atoms with E-state index in [9.17, 15) is 9.90 Å². The summed E-state index contributed by atoms with van der Waals surface area (Å²) in [5.41, 5.74) is 1.30. The number of hydrogen-bond acceptors (Lipinski definition) is 2. The van der Waals surface area contributed by atoms with Crippen LogP contribution in [0.1, 0.15) is 50.6 Å². The minimum absolute atomic E-state index is 0.210. The van der Waals surface area contributed by atoms with Crippen molar-refractivity contribution in [3.05, 3.63) is 34.3 Å². The Kier molecular flexibility index (Phi) is 6.24. The van der Waals surface area contributed by atoms with Crippen molar-refractivity contribution in [2.45, 2.75) is 45.1 Å². The molecule has 1 heterocycles. The number of halogens is 1.